The molecule has 1 rings (SSSR count). The maximum absolute atomic E-state index is 11.0. The van der Waals surface area contributed by atoms with Crippen LogP contribution in [0.1, 0.15) is 26.3 Å². The first-order valence-corrected chi connectivity index (χ1v) is 6.52. The van der Waals surface area contributed by atoms with E-state index in [0.717, 1.165) is 6.54 Å². The number of hydrogen-bond donors (Lipinski definition) is 1. The van der Waals surface area contributed by atoms with Crippen LogP contribution in [0.5, 0.6) is 5.75 Å². The van der Waals surface area contributed by atoms with E-state index in [4.69, 9.17) is 4.74 Å². The van der Waals surface area contributed by atoms with Gasteiger partial charge in [-0.2, -0.15) is 0 Å². The molecule has 5 nitrogen and oxygen atoms in total. The highest BCUT2D eigenvalue weighted by Crippen LogP contribution is 2.30. The van der Waals surface area contributed by atoms with Crippen molar-refractivity contribution in [1.82, 2.24) is 5.32 Å². The summed E-state index contributed by atoms with van der Waals surface area (Å²) in [6.45, 7) is 9.23. The van der Waals surface area contributed by atoms with Crippen LogP contribution < -0.4 is 10.1 Å². The lowest BCUT2D eigenvalue weighted by Crippen LogP contribution is -2.30. The topological polar surface area (TPSA) is 64.4 Å². The summed E-state index contributed by atoms with van der Waals surface area (Å²) in [4.78, 5) is 10.6. The number of benzene rings is 1. The molecule has 0 saturated carbocycles. The highest BCUT2D eigenvalue weighted by Gasteiger charge is 2.18. The van der Waals surface area contributed by atoms with Crippen LogP contribution in [-0.4, -0.2) is 24.1 Å². The number of aryl methyl sites for hydroxylation is 1. The molecule has 1 aromatic rings. The molecule has 1 N–H and O–H groups in total. The first-order valence-electron chi connectivity index (χ1n) is 6.52. The first kappa shape index (κ1) is 15.4. The van der Waals surface area contributed by atoms with Gasteiger partial charge in [0.05, 0.1) is 11.5 Å². The van der Waals surface area contributed by atoms with Crippen molar-refractivity contribution in [2.45, 2.75) is 33.7 Å². The van der Waals surface area contributed by atoms with E-state index in [9.17, 15) is 10.1 Å². The summed E-state index contributed by atoms with van der Waals surface area (Å²) in [5.41, 5.74) is 0.682. The van der Waals surface area contributed by atoms with Gasteiger partial charge in [0.1, 0.15) is 0 Å². The van der Waals surface area contributed by atoms with Crippen LogP contribution in [0.3, 0.4) is 0 Å². The molecule has 0 saturated heterocycles. The highest BCUT2D eigenvalue weighted by molar-refractivity contribution is 5.51. The molecule has 0 aliphatic carbocycles. The lowest BCUT2D eigenvalue weighted by molar-refractivity contribution is -0.386. The molecule has 0 fully saturated rings. The second-order valence-electron chi connectivity index (χ2n) is 5.16. The van der Waals surface area contributed by atoms with Crippen LogP contribution in [0, 0.1) is 23.0 Å². The normalized spacial score (nSPS) is 12.5. The number of rotatable bonds is 7. The molecule has 106 valence electrons. The molecule has 0 radical (unpaired) electrons. The summed E-state index contributed by atoms with van der Waals surface area (Å²) in [6.07, 6.45) is 0. The monoisotopic (exact) mass is 266 g/mol. The molecule has 0 aromatic heterocycles. The van der Waals surface area contributed by atoms with Gasteiger partial charge in [-0.1, -0.05) is 32.9 Å². The summed E-state index contributed by atoms with van der Waals surface area (Å²) in [6, 6.07) is 5.56. The molecule has 0 bridgehead atoms. The molecule has 1 aromatic carbocycles. The molecule has 19 heavy (non-hydrogen) atoms. The van der Waals surface area contributed by atoms with Crippen molar-refractivity contribution in [3.05, 3.63) is 33.9 Å². The van der Waals surface area contributed by atoms with E-state index in [2.05, 4.69) is 26.1 Å². The smallest absolute Gasteiger partial charge is 0.313 e. The summed E-state index contributed by atoms with van der Waals surface area (Å²) < 4.78 is 5.59. The van der Waals surface area contributed by atoms with Gasteiger partial charge in [-0.15, -0.1) is 0 Å². The molecule has 1 atom stereocenters. The van der Waals surface area contributed by atoms with Gasteiger partial charge < -0.3 is 10.1 Å². The Hall–Kier alpha value is -1.62. The average molecular weight is 266 g/mol. The van der Waals surface area contributed by atoms with Crippen molar-refractivity contribution in [3.63, 3.8) is 0 Å². The van der Waals surface area contributed by atoms with Crippen molar-refractivity contribution in [2.24, 2.45) is 5.92 Å². The van der Waals surface area contributed by atoms with Crippen molar-refractivity contribution in [2.75, 3.05) is 13.2 Å². The maximum atomic E-state index is 11.0. The van der Waals surface area contributed by atoms with Gasteiger partial charge in [-0.3, -0.25) is 10.1 Å². The third kappa shape index (κ3) is 4.87. The van der Waals surface area contributed by atoms with Crippen molar-refractivity contribution in [3.8, 4) is 5.75 Å². The Morgan fingerprint density at radius 3 is 2.63 bits per heavy atom. The highest BCUT2D eigenvalue weighted by atomic mass is 16.6. The van der Waals surface area contributed by atoms with E-state index >= 15 is 0 Å². The second kappa shape index (κ2) is 7.09. The molecule has 0 heterocycles. The van der Waals surface area contributed by atoms with Gasteiger partial charge in [-0.05, 0) is 13.0 Å². The minimum atomic E-state index is -0.387. The number of nitro benzene ring substituents is 1. The number of ether oxygens (including phenoxy) is 1. The predicted molar refractivity (Wildman–Crippen MR) is 75.6 cm³/mol. The van der Waals surface area contributed by atoms with E-state index < -0.39 is 0 Å². The minimum absolute atomic E-state index is 0.0616. The Kier molecular flexibility index (Phi) is 5.76. The Labute approximate surface area is 114 Å². The fourth-order valence-electron chi connectivity index (χ4n) is 1.71. The largest absolute Gasteiger partial charge is 0.486 e. The van der Waals surface area contributed by atoms with Crippen LogP contribution in [0.15, 0.2) is 18.2 Å². The number of nitrogens with zero attached hydrogens (tertiary/aromatic N) is 1. The molecular weight excluding hydrogens is 244 g/mol. The van der Waals surface area contributed by atoms with Gasteiger partial charge in [0.15, 0.2) is 5.75 Å². The zero-order valence-electron chi connectivity index (χ0n) is 12.0. The number of nitrogens with one attached hydrogen (secondary N) is 1. The molecule has 5 heteroatoms. The van der Waals surface area contributed by atoms with Gasteiger partial charge in [0.2, 0.25) is 0 Å². The first-order chi connectivity index (χ1) is 8.91. The van der Waals surface area contributed by atoms with Crippen LogP contribution in [0.4, 0.5) is 5.69 Å². The zero-order valence-corrected chi connectivity index (χ0v) is 12.0. The molecule has 0 spiro atoms. The summed E-state index contributed by atoms with van der Waals surface area (Å²) in [5.74, 6) is 0.643. The Morgan fingerprint density at radius 1 is 1.37 bits per heavy atom. The Balaban J connectivity index is 2.63. The lowest BCUT2D eigenvalue weighted by Gasteiger charge is -2.16. The van der Waals surface area contributed by atoms with E-state index in [-0.39, 0.29) is 10.6 Å². The molecular formula is C14H22N2O3. The third-order valence-corrected chi connectivity index (χ3v) is 2.78. The van der Waals surface area contributed by atoms with Crippen LogP contribution in [0.25, 0.3) is 0 Å². The summed E-state index contributed by atoms with van der Waals surface area (Å²) >= 11 is 0. The Morgan fingerprint density at radius 2 is 2.05 bits per heavy atom. The van der Waals surface area contributed by atoms with E-state index in [1.54, 1.807) is 25.1 Å². The van der Waals surface area contributed by atoms with E-state index in [1.165, 1.54) is 0 Å². The molecule has 0 aliphatic heterocycles. The quantitative estimate of drug-likeness (QED) is 0.608. The second-order valence-corrected chi connectivity index (χ2v) is 5.16. The SMILES string of the molecule is Cc1cccc(OCC(C)CNC(C)C)c1[N+](=O)[O-]. The number of hydrogen-bond acceptors (Lipinski definition) is 4. The van der Waals surface area contributed by atoms with Gasteiger partial charge in [0.25, 0.3) is 0 Å². The minimum Gasteiger partial charge on any atom is -0.486 e. The average Bonchev–Trinajstić information content (AvgIpc) is 2.33. The fourth-order valence-corrected chi connectivity index (χ4v) is 1.71. The molecule has 1 unspecified atom stereocenters. The summed E-state index contributed by atoms with van der Waals surface area (Å²) in [5, 5.41) is 14.3. The third-order valence-electron chi connectivity index (χ3n) is 2.78. The van der Waals surface area contributed by atoms with Gasteiger partial charge >= 0.3 is 5.69 Å². The number of para-hydroxylation sites is 1. The van der Waals surface area contributed by atoms with Crippen molar-refractivity contribution in [1.29, 1.82) is 0 Å². The van der Waals surface area contributed by atoms with Crippen LogP contribution >= 0.6 is 0 Å². The standard InChI is InChI=1S/C14H22N2O3/c1-10(2)15-8-11(3)9-19-13-7-5-6-12(4)14(13)16(17)18/h5-7,10-11,15H,8-9H2,1-4H3. The van der Waals surface area contributed by atoms with Crippen molar-refractivity contribution >= 4 is 5.69 Å². The van der Waals surface area contributed by atoms with E-state index in [0.29, 0.717) is 29.9 Å². The predicted octanol–water partition coefficient (Wildman–Crippen LogP) is 2.92. The zero-order chi connectivity index (χ0) is 14.4. The van der Waals surface area contributed by atoms with Crippen LogP contribution in [-0.2, 0) is 0 Å². The van der Waals surface area contributed by atoms with Gasteiger partial charge in [0, 0.05) is 24.1 Å². The van der Waals surface area contributed by atoms with E-state index in [1.807, 2.05) is 0 Å². The molecule has 0 amide bonds. The van der Waals surface area contributed by atoms with Gasteiger partial charge in [-0.25, -0.2) is 0 Å². The maximum Gasteiger partial charge on any atom is 0.313 e. The summed E-state index contributed by atoms with van der Waals surface area (Å²) in [7, 11) is 0. The van der Waals surface area contributed by atoms with Crippen molar-refractivity contribution < 1.29 is 9.66 Å². The molecule has 0 aliphatic rings. The Bertz CT molecular complexity index is 433. The fraction of sp³-hybridized carbons (Fsp3) is 0.571. The lowest BCUT2D eigenvalue weighted by atomic mass is 10.1. The van der Waals surface area contributed by atoms with Crippen LogP contribution in [0.2, 0.25) is 0 Å². The number of nitro groups is 1.